The summed E-state index contributed by atoms with van der Waals surface area (Å²) in [6.45, 7) is 0.115. The van der Waals surface area contributed by atoms with Gasteiger partial charge in [-0.3, -0.25) is 9.59 Å². The molecule has 4 rings (SSSR count). The van der Waals surface area contributed by atoms with E-state index in [1.54, 1.807) is 28.8 Å². The van der Waals surface area contributed by atoms with Crippen molar-refractivity contribution < 1.29 is 88.4 Å². The van der Waals surface area contributed by atoms with Crippen molar-refractivity contribution in [2.45, 2.75) is 30.9 Å². The Morgan fingerprint density at radius 3 is 2.55 bits per heavy atom. The van der Waals surface area contributed by atoms with E-state index in [0.717, 1.165) is 25.8 Å². The maximum absolute atomic E-state index is 12.1. The first-order valence-electron chi connectivity index (χ1n) is 10.9. The molecule has 1 aliphatic rings. The maximum atomic E-state index is 12.1. The summed E-state index contributed by atoms with van der Waals surface area (Å²) < 4.78 is 41.5. The Morgan fingerprint density at radius 1 is 1.13 bits per heavy atom. The minimum Gasteiger partial charge on any atom is -0.748 e. The fraction of sp³-hybridized carbons (Fsp3) is 0.261. The molecule has 0 unspecified atom stereocenters. The van der Waals surface area contributed by atoms with Crippen LogP contribution in [0.15, 0.2) is 46.3 Å². The smallest absolute Gasteiger partial charge is 0.748 e. The molecule has 1 N–H and O–H groups in total. The van der Waals surface area contributed by atoms with Crippen molar-refractivity contribution in [3.63, 3.8) is 0 Å². The summed E-state index contributed by atoms with van der Waals surface area (Å²) in [6, 6.07) is 10.7. The predicted octanol–water partition coefficient (Wildman–Crippen LogP) is 1.71. The Morgan fingerprint density at radius 2 is 1.84 bits per heavy atom. The number of carboxylic acids is 1. The molecule has 1 aliphatic heterocycles. The number of benzene rings is 2. The number of anilines is 1. The molecule has 9 nitrogen and oxygen atoms in total. The number of esters is 1. The molecule has 0 spiro atoms. The van der Waals surface area contributed by atoms with Crippen LogP contribution in [0, 0.1) is 0 Å². The Bertz CT molecular complexity index is 1510. The SMILES string of the molecule is O=C(O)CCC(=O)OC[n+]1c(C=C2Sc3ccc(Cl)cc3N2CCCS(=O)(=O)[O-])sc2ccc(Cl)cc21.[K+]. The van der Waals surface area contributed by atoms with Gasteiger partial charge in [-0.2, -0.15) is 0 Å². The van der Waals surface area contributed by atoms with Gasteiger partial charge < -0.3 is 19.3 Å². The van der Waals surface area contributed by atoms with Gasteiger partial charge in [-0.15, -0.1) is 4.57 Å². The fourth-order valence-electron chi connectivity index (χ4n) is 3.65. The van der Waals surface area contributed by atoms with Crippen molar-refractivity contribution in [3.05, 3.63) is 56.5 Å². The van der Waals surface area contributed by atoms with Gasteiger partial charge in [0.1, 0.15) is 4.70 Å². The van der Waals surface area contributed by atoms with Crippen molar-refractivity contribution in [1.82, 2.24) is 0 Å². The molecule has 2 heterocycles. The zero-order valence-electron chi connectivity index (χ0n) is 20.1. The number of thioether (sulfide) groups is 1. The molecule has 0 radical (unpaired) electrons. The zero-order chi connectivity index (χ0) is 26.7. The topological polar surface area (TPSA) is 128 Å². The predicted molar refractivity (Wildman–Crippen MR) is 142 cm³/mol. The fourth-order valence-corrected chi connectivity index (χ4v) is 6.71. The Balaban J connectivity index is 0.00000400. The summed E-state index contributed by atoms with van der Waals surface area (Å²) in [4.78, 5) is 25.7. The van der Waals surface area contributed by atoms with E-state index in [1.807, 2.05) is 23.1 Å². The molecule has 2 aromatic carbocycles. The number of hydrogen-bond donors (Lipinski definition) is 1. The number of aliphatic carboxylic acids is 1. The first-order chi connectivity index (χ1) is 17.5. The van der Waals surface area contributed by atoms with Crippen molar-refractivity contribution >= 4 is 90.3 Å². The number of nitrogens with zero attached hydrogens (tertiary/aromatic N) is 2. The van der Waals surface area contributed by atoms with Crippen LogP contribution >= 0.6 is 46.3 Å². The van der Waals surface area contributed by atoms with Crippen molar-refractivity contribution in [1.29, 1.82) is 0 Å². The average Bonchev–Trinajstić information content (AvgIpc) is 3.32. The summed E-state index contributed by atoms with van der Waals surface area (Å²) >= 11 is 15.3. The molecule has 0 aliphatic carbocycles. The van der Waals surface area contributed by atoms with Crippen LogP contribution in [0.1, 0.15) is 24.3 Å². The molecule has 15 heteroatoms. The second kappa shape index (κ2) is 13.8. The van der Waals surface area contributed by atoms with Crippen LogP contribution < -0.4 is 60.9 Å². The third-order valence-electron chi connectivity index (χ3n) is 5.31. The Hall–Kier alpha value is -0.714. The van der Waals surface area contributed by atoms with Crippen molar-refractivity contribution in [2.24, 2.45) is 0 Å². The molecule has 0 bridgehead atoms. The summed E-state index contributed by atoms with van der Waals surface area (Å²) in [7, 11) is -4.36. The van der Waals surface area contributed by atoms with Gasteiger partial charge in [-0.1, -0.05) is 46.3 Å². The molecule has 196 valence electrons. The van der Waals surface area contributed by atoms with Crippen LogP contribution in [0.25, 0.3) is 16.3 Å². The van der Waals surface area contributed by atoms with Crippen molar-refractivity contribution in [3.8, 4) is 0 Å². The van der Waals surface area contributed by atoms with Gasteiger partial charge in [0, 0.05) is 33.3 Å². The number of halogens is 2. The molecule has 0 saturated heterocycles. The van der Waals surface area contributed by atoms with Crippen LogP contribution in [0.3, 0.4) is 0 Å². The zero-order valence-corrected chi connectivity index (χ0v) is 27.1. The van der Waals surface area contributed by atoms with Gasteiger partial charge in [0.25, 0.3) is 11.7 Å². The molecule has 38 heavy (non-hydrogen) atoms. The van der Waals surface area contributed by atoms with E-state index in [1.165, 1.54) is 23.1 Å². The number of carbonyl (C=O) groups excluding carboxylic acids is 1. The molecule has 3 aromatic rings. The number of rotatable bonds is 10. The van der Waals surface area contributed by atoms with Crippen molar-refractivity contribution in [2.75, 3.05) is 17.2 Å². The summed E-state index contributed by atoms with van der Waals surface area (Å²) in [5.41, 5.74) is 1.52. The second-order valence-electron chi connectivity index (χ2n) is 7.98. The summed E-state index contributed by atoms with van der Waals surface area (Å²) in [5, 5.41) is 11.3. The summed E-state index contributed by atoms with van der Waals surface area (Å²) in [6.07, 6.45) is 1.42. The monoisotopic (exact) mass is 641 g/mol. The van der Waals surface area contributed by atoms with Gasteiger partial charge in [-0.25, -0.2) is 8.42 Å². The van der Waals surface area contributed by atoms with Gasteiger partial charge in [0.2, 0.25) is 5.52 Å². The third kappa shape index (κ3) is 8.40. The Labute approximate surface area is 279 Å². The maximum Gasteiger partial charge on any atom is 1.00 e. The average molecular weight is 643 g/mol. The van der Waals surface area contributed by atoms with Crippen LogP contribution in [0.2, 0.25) is 10.0 Å². The minimum atomic E-state index is -4.36. The quantitative estimate of drug-likeness (QED) is 0.152. The van der Waals surface area contributed by atoms with Crippen LogP contribution in [-0.4, -0.2) is 42.3 Å². The van der Waals surface area contributed by atoms with Gasteiger partial charge in [0.15, 0.2) is 0 Å². The first kappa shape index (κ1) is 31.8. The molecule has 0 saturated carbocycles. The molecule has 1 aromatic heterocycles. The number of thiazole rings is 1. The standard InChI is InChI=1S/C23H20Cl2N2O7S3.K/c24-14-2-4-18-16(10-14)26(8-1-9-37(31,32)33)20(35-18)12-21-27(13-34-23(30)7-6-22(28)29)17-11-15(25)3-5-19(17)36-21;/h2-5,10-12H,1,6-9,13H2,(H-,28,29,31,32,33);/q;+1. The van der Waals surface area contributed by atoms with Gasteiger partial charge in [-0.05, 0) is 36.8 Å². The van der Waals surface area contributed by atoms with E-state index in [0.29, 0.717) is 15.1 Å². The van der Waals surface area contributed by atoms with Crippen LogP contribution in [0.5, 0.6) is 0 Å². The first-order valence-corrected chi connectivity index (χ1v) is 14.9. The van der Waals surface area contributed by atoms with E-state index >= 15 is 0 Å². The van der Waals surface area contributed by atoms with E-state index in [9.17, 15) is 22.6 Å². The second-order valence-corrected chi connectivity index (χ2v) is 12.5. The number of carboxylic acid groups (broad SMARTS) is 1. The number of ether oxygens (including phenoxy) is 1. The van der Waals surface area contributed by atoms with Crippen LogP contribution in [-0.2, 0) is 31.2 Å². The largest absolute Gasteiger partial charge is 1.00 e. The molecule has 0 amide bonds. The van der Waals surface area contributed by atoms with Crippen LogP contribution in [0.4, 0.5) is 5.69 Å². The normalized spacial score (nSPS) is 14.0. The van der Waals surface area contributed by atoms with Gasteiger partial charge >= 0.3 is 63.3 Å². The number of hydrogen-bond acceptors (Lipinski definition) is 9. The minimum absolute atomic E-state index is 0. The van der Waals surface area contributed by atoms with E-state index < -0.39 is 27.8 Å². The summed E-state index contributed by atoms with van der Waals surface area (Å²) in [5.74, 6) is -2.23. The third-order valence-corrected chi connectivity index (χ3v) is 8.79. The number of carbonyl (C=O) groups is 2. The van der Waals surface area contributed by atoms with Gasteiger partial charge in [0.05, 0.1) is 39.8 Å². The van der Waals surface area contributed by atoms with E-state index in [2.05, 4.69) is 0 Å². The Kier molecular flexibility index (Phi) is 11.5. The number of fused-ring (bicyclic) bond motifs is 2. The number of aromatic nitrogens is 1. The van der Waals surface area contributed by atoms with E-state index in [4.69, 9.17) is 33.0 Å². The molecular weight excluding hydrogens is 622 g/mol. The molecule has 0 atom stereocenters. The molecular formula is C23H20Cl2KN2O7S3+. The van der Waals surface area contributed by atoms with E-state index in [-0.39, 0.29) is 83.9 Å². The molecule has 0 fully saturated rings.